The second kappa shape index (κ2) is 7.09. The molecule has 2 aromatic heterocycles. The highest BCUT2D eigenvalue weighted by Gasteiger charge is 2.11. The van der Waals surface area contributed by atoms with Crippen LogP contribution in [0.3, 0.4) is 0 Å². The molecule has 0 saturated carbocycles. The predicted octanol–water partition coefficient (Wildman–Crippen LogP) is 3.45. The first-order valence-corrected chi connectivity index (χ1v) is 8.92. The van der Waals surface area contributed by atoms with Crippen LogP contribution in [0.5, 0.6) is 5.75 Å². The summed E-state index contributed by atoms with van der Waals surface area (Å²) >= 11 is 1.39. The summed E-state index contributed by atoms with van der Waals surface area (Å²) in [5.74, 6) is 1.45. The Labute approximate surface area is 152 Å². The maximum absolute atomic E-state index is 11.9. The molecule has 0 spiro atoms. The molecule has 0 amide bonds. The van der Waals surface area contributed by atoms with Gasteiger partial charge in [-0.05, 0) is 36.4 Å². The van der Waals surface area contributed by atoms with Gasteiger partial charge in [-0.2, -0.15) is 0 Å². The summed E-state index contributed by atoms with van der Waals surface area (Å²) in [4.78, 5) is 11.9. The van der Waals surface area contributed by atoms with Gasteiger partial charge in [-0.1, -0.05) is 23.9 Å². The maximum atomic E-state index is 11.9. The van der Waals surface area contributed by atoms with Crippen LogP contribution < -0.4 is 10.5 Å². The standard InChI is InChI=1S/C18H15N3O4S/c1-23-13-8-6-12(7-9-13)16-19-20-17(25-16)26-11-10-21-14-4-2-3-5-15(14)24-18(21)22/h2-9H,10-11H2,1H3. The Morgan fingerprint density at radius 2 is 1.88 bits per heavy atom. The number of aryl methyl sites for hydroxylation is 1. The Kier molecular flexibility index (Phi) is 4.49. The fourth-order valence-corrected chi connectivity index (χ4v) is 3.25. The number of rotatable bonds is 6. The molecule has 2 aromatic carbocycles. The molecule has 0 aliphatic heterocycles. The lowest BCUT2D eigenvalue weighted by atomic mass is 10.2. The van der Waals surface area contributed by atoms with E-state index in [1.54, 1.807) is 17.7 Å². The molecule has 0 aliphatic carbocycles. The molecule has 0 saturated heterocycles. The fourth-order valence-electron chi connectivity index (χ4n) is 2.57. The number of hydrogen-bond donors (Lipinski definition) is 0. The zero-order valence-corrected chi connectivity index (χ0v) is 14.7. The van der Waals surface area contributed by atoms with Crippen LogP contribution in [-0.4, -0.2) is 27.6 Å². The van der Waals surface area contributed by atoms with E-state index in [-0.39, 0.29) is 5.76 Å². The fraction of sp³-hybridized carbons (Fsp3) is 0.167. The SMILES string of the molecule is COc1ccc(-c2nnc(SCCn3c(=O)oc4ccccc43)o2)cc1. The van der Waals surface area contributed by atoms with Crippen LogP contribution in [0.1, 0.15) is 0 Å². The Bertz CT molecular complexity index is 1080. The van der Waals surface area contributed by atoms with Gasteiger partial charge < -0.3 is 13.6 Å². The number of aromatic nitrogens is 3. The first kappa shape index (κ1) is 16.5. The van der Waals surface area contributed by atoms with E-state index in [1.807, 2.05) is 42.5 Å². The second-order valence-electron chi connectivity index (χ2n) is 5.44. The van der Waals surface area contributed by atoms with Crippen molar-refractivity contribution in [1.29, 1.82) is 0 Å². The molecular formula is C18H15N3O4S. The Morgan fingerprint density at radius 1 is 1.08 bits per heavy atom. The first-order chi connectivity index (χ1) is 12.7. The largest absolute Gasteiger partial charge is 0.497 e. The third-order valence-corrected chi connectivity index (χ3v) is 4.66. The van der Waals surface area contributed by atoms with Crippen LogP contribution >= 0.6 is 11.8 Å². The lowest BCUT2D eigenvalue weighted by Crippen LogP contribution is -2.15. The summed E-state index contributed by atoms with van der Waals surface area (Å²) in [5, 5.41) is 8.56. The number of fused-ring (bicyclic) bond motifs is 1. The molecule has 0 N–H and O–H groups in total. The summed E-state index contributed by atoms with van der Waals surface area (Å²) in [6, 6.07) is 14.7. The van der Waals surface area contributed by atoms with Crippen LogP contribution in [-0.2, 0) is 6.54 Å². The molecule has 0 aliphatic rings. The zero-order valence-electron chi connectivity index (χ0n) is 13.9. The van der Waals surface area contributed by atoms with E-state index in [1.165, 1.54) is 11.8 Å². The van der Waals surface area contributed by atoms with Gasteiger partial charge >= 0.3 is 5.76 Å². The monoisotopic (exact) mass is 369 g/mol. The van der Waals surface area contributed by atoms with Crippen molar-refractivity contribution in [3.8, 4) is 17.2 Å². The summed E-state index contributed by atoms with van der Waals surface area (Å²) in [6.07, 6.45) is 0. The minimum Gasteiger partial charge on any atom is -0.497 e. The van der Waals surface area contributed by atoms with E-state index in [9.17, 15) is 4.79 Å². The van der Waals surface area contributed by atoms with Crippen molar-refractivity contribution in [2.45, 2.75) is 11.8 Å². The number of methoxy groups -OCH3 is 1. The van der Waals surface area contributed by atoms with Gasteiger partial charge in [0, 0.05) is 17.9 Å². The van der Waals surface area contributed by atoms with E-state index in [0.717, 1.165) is 16.8 Å². The third-order valence-electron chi connectivity index (χ3n) is 3.86. The Hall–Kier alpha value is -3.00. The minimum atomic E-state index is -0.365. The molecule has 2 heterocycles. The Morgan fingerprint density at radius 3 is 2.69 bits per heavy atom. The summed E-state index contributed by atoms with van der Waals surface area (Å²) in [6.45, 7) is 0.487. The zero-order chi connectivity index (χ0) is 17.9. The van der Waals surface area contributed by atoms with Crippen LogP contribution in [0.25, 0.3) is 22.6 Å². The third kappa shape index (κ3) is 3.23. The van der Waals surface area contributed by atoms with Gasteiger partial charge in [0.05, 0.1) is 12.6 Å². The number of ether oxygens (including phenoxy) is 1. The Balaban J connectivity index is 1.43. The molecule has 132 valence electrons. The van der Waals surface area contributed by atoms with Gasteiger partial charge in [0.15, 0.2) is 5.58 Å². The number of thioether (sulfide) groups is 1. The highest BCUT2D eigenvalue weighted by molar-refractivity contribution is 7.99. The molecule has 4 aromatic rings. The average Bonchev–Trinajstić information content (AvgIpc) is 3.27. The summed E-state index contributed by atoms with van der Waals surface area (Å²) in [5.41, 5.74) is 2.19. The van der Waals surface area contributed by atoms with Gasteiger partial charge in [-0.25, -0.2) is 4.79 Å². The normalized spacial score (nSPS) is 11.1. The van der Waals surface area contributed by atoms with Gasteiger partial charge in [-0.3, -0.25) is 4.57 Å². The highest BCUT2D eigenvalue weighted by Crippen LogP contribution is 2.25. The summed E-state index contributed by atoms with van der Waals surface area (Å²) in [7, 11) is 1.62. The number of para-hydroxylation sites is 2. The van der Waals surface area contributed by atoms with Gasteiger partial charge in [0.25, 0.3) is 5.22 Å². The highest BCUT2D eigenvalue weighted by atomic mass is 32.2. The van der Waals surface area contributed by atoms with Crippen molar-refractivity contribution in [3.63, 3.8) is 0 Å². The van der Waals surface area contributed by atoms with E-state index in [0.29, 0.717) is 29.0 Å². The molecule has 8 heteroatoms. The minimum absolute atomic E-state index is 0.365. The van der Waals surface area contributed by atoms with E-state index >= 15 is 0 Å². The number of hydrogen-bond acceptors (Lipinski definition) is 7. The van der Waals surface area contributed by atoms with Crippen molar-refractivity contribution in [2.24, 2.45) is 0 Å². The average molecular weight is 369 g/mol. The van der Waals surface area contributed by atoms with Crippen molar-refractivity contribution < 1.29 is 13.6 Å². The molecule has 0 bridgehead atoms. The number of oxazole rings is 1. The molecule has 0 atom stereocenters. The van der Waals surface area contributed by atoms with E-state index < -0.39 is 0 Å². The number of benzene rings is 2. The van der Waals surface area contributed by atoms with Crippen molar-refractivity contribution in [1.82, 2.24) is 14.8 Å². The summed E-state index contributed by atoms with van der Waals surface area (Å²) < 4.78 is 17.6. The molecule has 7 nitrogen and oxygen atoms in total. The first-order valence-electron chi connectivity index (χ1n) is 7.94. The van der Waals surface area contributed by atoms with E-state index in [4.69, 9.17) is 13.6 Å². The van der Waals surface area contributed by atoms with Gasteiger partial charge in [0.1, 0.15) is 5.75 Å². The quantitative estimate of drug-likeness (QED) is 0.481. The topological polar surface area (TPSA) is 83.3 Å². The molecule has 4 rings (SSSR count). The maximum Gasteiger partial charge on any atom is 0.419 e. The lowest BCUT2D eigenvalue weighted by Gasteiger charge is -2.00. The molecule has 0 radical (unpaired) electrons. The number of nitrogens with zero attached hydrogens (tertiary/aromatic N) is 3. The van der Waals surface area contributed by atoms with E-state index in [2.05, 4.69) is 10.2 Å². The van der Waals surface area contributed by atoms with Crippen molar-refractivity contribution in [2.75, 3.05) is 12.9 Å². The molecule has 0 unspecified atom stereocenters. The van der Waals surface area contributed by atoms with Crippen molar-refractivity contribution in [3.05, 3.63) is 59.1 Å². The van der Waals surface area contributed by atoms with Gasteiger partial charge in [0.2, 0.25) is 5.89 Å². The van der Waals surface area contributed by atoms with Crippen LogP contribution in [0.15, 0.2) is 67.4 Å². The molecular weight excluding hydrogens is 354 g/mol. The second-order valence-corrected chi connectivity index (χ2v) is 6.48. The lowest BCUT2D eigenvalue weighted by molar-refractivity contribution is 0.414. The van der Waals surface area contributed by atoms with Gasteiger partial charge in [-0.15, -0.1) is 10.2 Å². The van der Waals surface area contributed by atoms with Crippen LogP contribution in [0.4, 0.5) is 0 Å². The predicted molar refractivity (Wildman–Crippen MR) is 97.5 cm³/mol. The van der Waals surface area contributed by atoms with Crippen LogP contribution in [0, 0.1) is 0 Å². The molecule has 26 heavy (non-hydrogen) atoms. The smallest absolute Gasteiger partial charge is 0.419 e. The molecule has 0 fully saturated rings. The van der Waals surface area contributed by atoms with Crippen molar-refractivity contribution >= 4 is 22.9 Å². The van der Waals surface area contributed by atoms with Crippen LogP contribution in [0.2, 0.25) is 0 Å².